The zero-order valence-electron chi connectivity index (χ0n) is 11.0. The molecule has 2 rings (SSSR count). The lowest BCUT2D eigenvalue weighted by Crippen LogP contribution is -2.29. The molecule has 1 N–H and O–H groups in total. The van der Waals surface area contributed by atoms with Gasteiger partial charge in [0.05, 0.1) is 5.97 Å². The van der Waals surface area contributed by atoms with Gasteiger partial charge in [0.15, 0.2) is 16.3 Å². The highest BCUT2D eigenvalue weighted by Gasteiger charge is 2.16. The van der Waals surface area contributed by atoms with Gasteiger partial charge >= 0.3 is 5.69 Å². The number of hydrogen-bond acceptors (Lipinski definition) is 6. The average molecular weight is 297 g/mol. The standard InChI is InChI=1S/C11H14N4O4S/c1-3-4-15-7-8(12-11(15)20-5-6(16)17)14(2)10(19)13-9(7)18/h3-5H2,1-2H3,(H,16,17)(H,13,18,19)/p-1. The first-order chi connectivity index (χ1) is 9.45. The molecule has 0 unspecified atom stereocenters. The summed E-state index contributed by atoms with van der Waals surface area (Å²) >= 11 is 0.966. The van der Waals surface area contributed by atoms with Gasteiger partial charge in [-0.3, -0.25) is 14.3 Å². The predicted molar refractivity (Wildman–Crippen MR) is 71.6 cm³/mol. The van der Waals surface area contributed by atoms with Crippen molar-refractivity contribution in [2.75, 3.05) is 5.75 Å². The molecule has 0 amide bonds. The Balaban J connectivity index is 2.69. The highest BCUT2D eigenvalue weighted by atomic mass is 32.2. The molecule has 2 aromatic rings. The second-order valence-corrected chi connectivity index (χ2v) is 5.14. The number of thioether (sulfide) groups is 1. The van der Waals surface area contributed by atoms with E-state index in [0.29, 0.717) is 11.7 Å². The number of carboxylic acid groups (broad SMARTS) is 1. The zero-order valence-corrected chi connectivity index (χ0v) is 11.8. The lowest BCUT2D eigenvalue weighted by molar-refractivity contribution is -0.301. The van der Waals surface area contributed by atoms with Crippen molar-refractivity contribution in [2.45, 2.75) is 25.0 Å². The van der Waals surface area contributed by atoms with Crippen LogP contribution in [0, 0.1) is 0 Å². The Morgan fingerprint density at radius 3 is 2.75 bits per heavy atom. The smallest absolute Gasteiger partial charge is 0.329 e. The molecule has 0 atom stereocenters. The van der Waals surface area contributed by atoms with Gasteiger partial charge in [-0.1, -0.05) is 18.7 Å². The van der Waals surface area contributed by atoms with Gasteiger partial charge in [0.25, 0.3) is 5.56 Å². The van der Waals surface area contributed by atoms with Crippen molar-refractivity contribution in [3.05, 3.63) is 20.8 Å². The number of rotatable bonds is 5. The van der Waals surface area contributed by atoms with Crippen LogP contribution in [-0.2, 0) is 18.4 Å². The summed E-state index contributed by atoms with van der Waals surface area (Å²) in [5.41, 5.74) is -0.563. The fourth-order valence-corrected chi connectivity index (χ4v) is 2.62. The zero-order chi connectivity index (χ0) is 14.9. The van der Waals surface area contributed by atoms with Crippen LogP contribution >= 0.6 is 11.8 Å². The maximum atomic E-state index is 11.9. The quantitative estimate of drug-likeness (QED) is 0.685. The molecule has 0 aromatic carbocycles. The van der Waals surface area contributed by atoms with Gasteiger partial charge in [-0.2, -0.15) is 0 Å². The molecule has 0 aliphatic rings. The van der Waals surface area contributed by atoms with Gasteiger partial charge < -0.3 is 14.5 Å². The maximum absolute atomic E-state index is 11.9. The number of imidazole rings is 1. The largest absolute Gasteiger partial charge is 0.549 e. The van der Waals surface area contributed by atoms with Crippen LogP contribution in [0.25, 0.3) is 11.2 Å². The summed E-state index contributed by atoms with van der Waals surface area (Å²) in [5.74, 6) is -1.48. The Labute approximate surface area is 117 Å². The predicted octanol–water partition coefficient (Wildman–Crippen LogP) is -1.32. The highest BCUT2D eigenvalue weighted by Crippen LogP contribution is 2.21. The summed E-state index contributed by atoms with van der Waals surface area (Å²) in [7, 11) is 1.50. The fourth-order valence-electron chi connectivity index (χ4n) is 1.88. The lowest BCUT2D eigenvalue weighted by Gasteiger charge is -2.06. The van der Waals surface area contributed by atoms with Gasteiger partial charge in [0.2, 0.25) is 0 Å². The Morgan fingerprint density at radius 1 is 1.45 bits per heavy atom. The molecular weight excluding hydrogens is 284 g/mol. The summed E-state index contributed by atoms with van der Waals surface area (Å²) in [5, 5.41) is 10.9. The summed E-state index contributed by atoms with van der Waals surface area (Å²) < 4.78 is 2.85. The lowest BCUT2D eigenvalue weighted by atomic mass is 10.4. The normalized spacial score (nSPS) is 11.1. The van der Waals surface area contributed by atoms with Crippen molar-refractivity contribution in [3.63, 3.8) is 0 Å². The van der Waals surface area contributed by atoms with E-state index in [1.54, 1.807) is 4.57 Å². The minimum Gasteiger partial charge on any atom is -0.549 e. The number of aryl methyl sites for hydroxylation is 2. The summed E-state index contributed by atoms with van der Waals surface area (Å²) in [6.45, 7) is 2.43. The molecule has 2 heterocycles. The van der Waals surface area contributed by atoms with E-state index >= 15 is 0 Å². The second kappa shape index (κ2) is 5.53. The summed E-state index contributed by atoms with van der Waals surface area (Å²) in [6, 6.07) is 0. The van der Waals surface area contributed by atoms with Gasteiger partial charge in [-0.05, 0) is 6.42 Å². The Kier molecular flexibility index (Phi) is 3.98. The number of aliphatic carboxylic acids is 1. The van der Waals surface area contributed by atoms with Crippen molar-refractivity contribution in [3.8, 4) is 0 Å². The molecule has 108 valence electrons. The van der Waals surface area contributed by atoms with E-state index in [2.05, 4.69) is 9.97 Å². The third-order valence-electron chi connectivity index (χ3n) is 2.74. The van der Waals surface area contributed by atoms with Crippen LogP contribution in [0.5, 0.6) is 0 Å². The number of hydrogen-bond donors (Lipinski definition) is 1. The Bertz CT molecular complexity index is 773. The van der Waals surface area contributed by atoms with Crippen LogP contribution in [0.4, 0.5) is 0 Å². The third kappa shape index (κ3) is 2.48. The van der Waals surface area contributed by atoms with Crippen molar-refractivity contribution < 1.29 is 9.90 Å². The molecule has 0 fully saturated rings. The molecule has 0 aliphatic carbocycles. The third-order valence-corrected chi connectivity index (χ3v) is 3.69. The number of H-pyrrole nitrogens is 1. The molecule has 8 nitrogen and oxygen atoms in total. The average Bonchev–Trinajstić information content (AvgIpc) is 2.74. The number of aromatic amines is 1. The molecule has 9 heteroatoms. The van der Waals surface area contributed by atoms with E-state index in [9.17, 15) is 19.5 Å². The van der Waals surface area contributed by atoms with Crippen LogP contribution in [0.15, 0.2) is 14.7 Å². The number of carbonyl (C=O) groups excluding carboxylic acids is 1. The van der Waals surface area contributed by atoms with Gasteiger partial charge in [-0.15, -0.1) is 0 Å². The van der Waals surface area contributed by atoms with E-state index in [0.717, 1.165) is 18.2 Å². The van der Waals surface area contributed by atoms with Crippen molar-refractivity contribution in [1.29, 1.82) is 0 Å². The van der Waals surface area contributed by atoms with E-state index in [4.69, 9.17) is 0 Å². The van der Waals surface area contributed by atoms with Crippen LogP contribution in [0.2, 0.25) is 0 Å². The molecule has 2 aromatic heterocycles. The maximum Gasteiger partial charge on any atom is 0.329 e. The van der Waals surface area contributed by atoms with E-state index < -0.39 is 17.2 Å². The minimum atomic E-state index is -1.21. The minimum absolute atomic E-state index is 0.244. The number of carboxylic acids is 1. The molecule has 20 heavy (non-hydrogen) atoms. The molecule has 0 aliphatic heterocycles. The number of fused-ring (bicyclic) bond motifs is 1. The number of carbonyl (C=O) groups is 1. The monoisotopic (exact) mass is 297 g/mol. The molecule has 0 bridgehead atoms. The van der Waals surface area contributed by atoms with Crippen molar-refractivity contribution in [2.24, 2.45) is 7.05 Å². The Hall–Kier alpha value is -2.03. The number of nitrogens with zero attached hydrogens (tertiary/aromatic N) is 3. The van der Waals surface area contributed by atoms with E-state index in [1.807, 2.05) is 6.92 Å². The summed E-state index contributed by atoms with van der Waals surface area (Å²) in [4.78, 5) is 40.4. The van der Waals surface area contributed by atoms with Crippen LogP contribution in [-0.4, -0.2) is 30.8 Å². The van der Waals surface area contributed by atoms with Crippen LogP contribution in [0.1, 0.15) is 13.3 Å². The first-order valence-corrected chi connectivity index (χ1v) is 6.96. The molecule has 0 saturated carbocycles. The SMILES string of the molecule is CCCn1c(SCC(=O)[O-])nc2c1c(=O)[nH]c(=O)n2C. The molecule has 0 saturated heterocycles. The van der Waals surface area contributed by atoms with Crippen LogP contribution in [0.3, 0.4) is 0 Å². The van der Waals surface area contributed by atoms with E-state index in [-0.39, 0.29) is 16.9 Å². The number of aromatic nitrogens is 4. The topological polar surface area (TPSA) is 113 Å². The van der Waals surface area contributed by atoms with Gasteiger partial charge in [-0.25, -0.2) is 9.78 Å². The number of nitrogens with one attached hydrogen (secondary N) is 1. The van der Waals surface area contributed by atoms with Crippen LogP contribution < -0.4 is 16.4 Å². The second-order valence-electron chi connectivity index (χ2n) is 4.20. The Morgan fingerprint density at radius 2 is 2.15 bits per heavy atom. The molecule has 0 radical (unpaired) electrons. The summed E-state index contributed by atoms with van der Waals surface area (Å²) in [6.07, 6.45) is 0.743. The first kappa shape index (κ1) is 14.4. The van der Waals surface area contributed by atoms with Crippen molar-refractivity contribution in [1.82, 2.24) is 19.1 Å². The van der Waals surface area contributed by atoms with E-state index in [1.165, 1.54) is 11.6 Å². The van der Waals surface area contributed by atoms with Crippen molar-refractivity contribution >= 4 is 28.9 Å². The highest BCUT2D eigenvalue weighted by molar-refractivity contribution is 7.99. The fraction of sp³-hybridized carbons (Fsp3) is 0.455. The molecule has 0 spiro atoms. The van der Waals surface area contributed by atoms with Gasteiger partial charge in [0.1, 0.15) is 0 Å². The van der Waals surface area contributed by atoms with Gasteiger partial charge in [0, 0.05) is 19.3 Å². The molecular formula is C11H13N4O4S-. The first-order valence-electron chi connectivity index (χ1n) is 5.98.